The average Bonchev–Trinajstić information content (AvgIpc) is 3.18. The highest BCUT2D eigenvalue weighted by Gasteiger charge is 2.29. The highest BCUT2D eigenvalue weighted by atomic mass is 32.1. The van der Waals surface area contributed by atoms with Crippen molar-refractivity contribution in [2.75, 3.05) is 26.2 Å². The topological polar surface area (TPSA) is 60.2 Å². The third-order valence-corrected chi connectivity index (χ3v) is 6.48. The lowest BCUT2D eigenvalue weighted by molar-refractivity contribution is 0.0610. The van der Waals surface area contributed by atoms with Gasteiger partial charge in [0.25, 0.3) is 5.91 Å². The first-order chi connectivity index (χ1) is 14.6. The number of halogens is 1. The number of nitrogens with zero attached hydrogens (tertiary/aromatic N) is 4. The number of hydrogen-bond acceptors (Lipinski definition) is 5. The van der Waals surface area contributed by atoms with Gasteiger partial charge in [-0.3, -0.25) is 9.69 Å². The molecular weight excluding hydrogens is 399 g/mol. The van der Waals surface area contributed by atoms with Crippen LogP contribution >= 0.6 is 11.3 Å². The summed E-state index contributed by atoms with van der Waals surface area (Å²) in [6.45, 7) is 4.12. The van der Waals surface area contributed by atoms with E-state index in [1.165, 1.54) is 23.5 Å². The van der Waals surface area contributed by atoms with Crippen molar-refractivity contribution < 1.29 is 9.18 Å². The molecule has 1 aliphatic rings. The minimum Gasteiger partial charge on any atom is -0.335 e. The number of hydrogen-bond donors (Lipinski definition) is 0. The van der Waals surface area contributed by atoms with Crippen molar-refractivity contribution in [2.24, 2.45) is 0 Å². The number of nitriles is 1. The molecule has 2 aromatic carbocycles. The van der Waals surface area contributed by atoms with Crippen LogP contribution in [0.15, 0.2) is 54.6 Å². The van der Waals surface area contributed by atoms with Crippen LogP contribution < -0.4 is 0 Å². The zero-order valence-corrected chi connectivity index (χ0v) is 17.4. The van der Waals surface area contributed by atoms with Crippen LogP contribution in [-0.2, 0) is 0 Å². The second-order valence-electron chi connectivity index (χ2n) is 7.21. The van der Waals surface area contributed by atoms with Crippen LogP contribution in [0.3, 0.4) is 0 Å². The molecule has 3 aromatic rings. The highest BCUT2D eigenvalue weighted by molar-refractivity contribution is 7.17. The van der Waals surface area contributed by atoms with Crippen molar-refractivity contribution in [3.05, 3.63) is 76.5 Å². The Labute approximate surface area is 179 Å². The smallest absolute Gasteiger partial charge is 0.265 e. The molecule has 1 unspecified atom stereocenters. The summed E-state index contributed by atoms with van der Waals surface area (Å²) in [4.78, 5) is 22.2. The van der Waals surface area contributed by atoms with Gasteiger partial charge in [0, 0.05) is 31.7 Å². The molecule has 4 rings (SSSR count). The van der Waals surface area contributed by atoms with Gasteiger partial charge in [-0.2, -0.15) is 5.26 Å². The van der Waals surface area contributed by atoms with Gasteiger partial charge in [-0.05, 0) is 24.6 Å². The van der Waals surface area contributed by atoms with Crippen molar-refractivity contribution in [3.8, 4) is 16.6 Å². The van der Waals surface area contributed by atoms with Crippen LogP contribution in [0.25, 0.3) is 10.6 Å². The molecule has 0 aliphatic carbocycles. The van der Waals surface area contributed by atoms with Crippen molar-refractivity contribution in [1.82, 2.24) is 14.8 Å². The first-order valence-electron chi connectivity index (χ1n) is 9.78. The standard InChI is InChI=1S/C23H21FN4OS/c1-16-21(30-22(26-16)18-5-3-2-4-6-18)23(29)28-13-11-27(12-14-28)20(15-25)17-7-9-19(24)10-8-17/h2-10,20H,11-14H2,1H3. The Hall–Kier alpha value is -3.08. The number of thiazole rings is 1. The van der Waals surface area contributed by atoms with Gasteiger partial charge in [-0.25, -0.2) is 9.37 Å². The number of rotatable bonds is 4. The van der Waals surface area contributed by atoms with E-state index in [2.05, 4.69) is 11.1 Å². The van der Waals surface area contributed by atoms with E-state index in [0.29, 0.717) is 31.1 Å². The fourth-order valence-corrected chi connectivity index (χ4v) is 4.68. The summed E-state index contributed by atoms with van der Waals surface area (Å²) < 4.78 is 13.2. The molecule has 7 heteroatoms. The van der Waals surface area contributed by atoms with Crippen LogP contribution in [0.5, 0.6) is 0 Å². The van der Waals surface area contributed by atoms with Crippen LogP contribution in [0, 0.1) is 24.1 Å². The van der Waals surface area contributed by atoms with Gasteiger partial charge >= 0.3 is 0 Å². The lowest BCUT2D eigenvalue weighted by atomic mass is 10.1. The molecule has 152 valence electrons. The van der Waals surface area contributed by atoms with Crippen molar-refractivity contribution in [3.63, 3.8) is 0 Å². The quantitative estimate of drug-likeness (QED) is 0.632. The molecule has 0 bridgehead atoms. The SMILES string of the molecule is Cc1nc(-c2ccccc2)sc1C(=O)N1CCN(C(C#N)c2ccc(F)cc2)CC1. The van der Waals surface area contributed by atoms with Gasteiger partial charge in [-0.1, -0.05) is 42.5 Å². The molecule has 0 saturated carbocycles. The molecular formula is C23H21FN4OS. The van der Waals surface area contributed by atoms with Gasteiger partial charge in [0.1, 0.15) is 21.7 Å². The first kappa shape index (κ1) is 20.2. The molecule has 1 amide bonds. The molecule has 30 heavy (non-hydrogen) atoms. The number of aromatic nitrogens is 1. The number of amides is 1. The molecule has 1 aromatic heterocycles. The normalized spacial score (nSPS) is 15.6. The predicted molar refractivity (Wildman–Crippen MR) is 115 cm³/mol. The average molecular weight is 421 g/mol. The summed E-state index contributed by atoms with van der Waals surface area (Å²) in [5, 5.41) is 10.5. The Morgan fingerprint density at radius 1 is 1.10 bits per heavy atom. The summed E-state index contributed by atoms with van der Waals surface area (Å²) in [6, 6.07) is 17.7. The monoisotopic (exact) mass is 420 g/mol. The maximum absolute atomic E-state index is 13.2. The molecule has 1 fully saturated rings. The van der Waals surface area contributed by atoms with E-state index in [9.17, 15) is 14.4 Å². The van der Waals surface area contributed by atoms with Crippen molar-refractivity contribution in [2.45, 2.75) is 13.0 Å². The fraction of sp³-hybridized carbons (Fsp3) is 0.261. The Kier molecular flexibility index (Phi) is 5.88. The Bertz CT molecular complexity index is 1070. The lowest BCUT2D eigenvalue weighted by Gasteiger charge is -2.36. The zero-order valence-electron chi connectivity index (χ0n) is 16.6. The van der Waals surface area contributed by atoms with E-state index >= 15 is 0 Å². The van der Waals surface area contributed by atoms with Gasteiger partial charge in [0.15, 0.2) is 0 Å². The Morgan fingerprint density at radius 3 is 2.40 bits per heavy atom. The number of carbonyl (C=O) groups is 1. The number of carbonyl (C=O) groups excluding carboxylic acids is 1. The van der Waals surface area contributed by atoms with Crippen molar-refractivity contribution >= 4 is 17.2 Å². The van der Waals surface area contributed by atoms with Gasteiger partial charge < -0.3 is 4.90 Å². The summed E-state index contributed by atoms with van der Waals surface area (Å²) in [5.74, 6) is -0.331. The van der Waals surface area contributed by atoms with Crippen LogP contribution in [-0.4, -0.2) is 46.9 Å². The van der Waals surface area contributed by atoms with Crippen molar-refractivity contribution in [1.29, 1.82) is 5.26 Å². The third-order valence-electron chi connectivity index (χ3n) is 5.29. The van der Waals surface area contributed by atoms with Gasteiger partial charge in [-0.15, -0.1) is 11.3 Å². The lowest BCUT2D eigenvalue weighted by Crippen LogP contribution is -2.49. The molecule has 5 nitrogen and oxygen atoms in total. The second kappa shape index (κ2) is 8.74. The maximum atomic E-state index is 13.2. The highest BCUT2D eigenvalue weighted by Crippen LogP contribution is 2.29. The van der Waals surface area contributed by atoms with E-state index in [0.717, 1.165) is 21.8 Å². The first-order valence-corrected chi connectivity index (χ1v) is 10.6. The van der Waals surface area contributed by atoms with E-state index < -0.39 is 6.04 Å². The molecule has 2 heterocycles. The number of aryl methyl sites for hydroxylation is 1. The fourth-order valence-electron chi connectivity index (χ4n) is 3.64. The van der Waals surface area contributed by atoms with E-state index in [1.807, 2.05) is 47.1 Å². The largest absolute Gasteiger partial charge is 0.335 e. The summed E-state index contributed by atoms with van der Waals surface area (Å²) in [7, 11) is 0. The van der Waals surface area contributed by atoms with Crippen LogP contribution in [0.4, 0.5) is 4.39 Å². The Morgan fingerprint density at radius 2 is 1.77 bits per heavy atom. The van der Waals surface area contributed by atoms with E-state index in [-0.39, 0.29) is 11.7 Å². The molecule has 0 N–H and O–H groups in total. The molecule has 0 spiro atoms. The number of benzene rings is 2. The minimum atomic E-state index is -0.447. The second-order valence-corrected chi connectivity index (χ2v) is 8.21. The predicted octanol–water partition coefficient (Wildman–Crippen LogP) is 4.28. The zero-order chi connectivity index (χ0) is 21.1. The van der Waals surface area contributed by atoms with E-state index in [1.54, 1.807) is 12.1 Å². The number of piperazine rings is 1. The minimum absolute atomic E-state index is 0.0119. The maximum Gasteiger partial charge on any atom is 0.265 e. The van der Waals surface area contributed by atoms with Crippen LogP contribution in [0.1, 0.15) is 27.0 Å². The molecule has 1 saturated heterocycles. The molecule has 1 aliphatic heterocycles. The molecule has 1 atom stereocenters. The Balaban J connectivity index is 1.44. The van der Waals surface area contributed by atoms with Crippen LogP contribution in [0.2, 0.25) is 0 Å². The van der Waals surface area contributed by atoms with E-state index in [4.69, 9.17) is 0 Å². The van der Waals surface area contributed by atoms with Gasteiger partial charge in [0.05, 0.1) is 11.8 Å². The summed E-state index contributed by atoms with van der Waals surface area (Å²) in [5.41, 5.74) is 2.52. The summed E-state index contributed by atoms with van der Waals surface area (Å²) in [6.07, 6.45) is 0. The summed E-state index contributed by atoms with van der Waals surface area (Å²) >= 11 is 1.42. The molecule has 0 radical (unpaired) electrons. The van der Waals surface area contributed by atoms with Gasteiger partial charge in [0.2, 0.25) is 0 Å². The third kappa shape index (κ3) is 4.11.